The largest absolute Gasteiger partial charge is 0.462 e. The van der Waals surface area contributed by atoms with E-state index in [0.29, 0.717) is 35.3 Å². The Balaban J connectivity index is 2.61. The third kappa shape index (κ3) is 3.14. The Morgan fingerprint density at radius 1 is 1.38 bits per heavy atom. The molecular weight excluding hydrogens is 313 g/mol. The van der Waals surface area contributed by atoms with E-state index in [2.05, 4.69) is 17.0 Å². The van der Waals surface area contributed by atoms with Crippen molar-refractivity contribution in [2.24, 2.45) is 0 Å². The second-order valence-electron chi connectivity index (χ2n) is 4.53. The van der Waals surface area contributed by atoms with Gasteiger partial charge in [-0.05, 0) is 19.8 Å². The van der Waals surface area contributed by atoms with Crippen LogP contribution < -0.4 is 0 Å². The molecule has 0 spiro atoms. The van der Waals surface area contributed by atoms with Crippen molar-refractivity contribution in [3.05, 3.63) is 28.2 Å². The molecule has 7 heteroatoms. The second kappa shape index (κ2) is 7.09. The topological polar surface area (TPSA) is 56.5 Å². The van der Waals surface area contributed by atoms with Gasteiger partial charge < -0.3 is 4.74 Å². The number of carbonyl (C=O) groups excluding carboxylic acids is 1. The molecule has 0 atom stereocenters. The Morgan fingerprint density at radius 3 is 2.76 bits per heavy atom. The Kier molecular flexibility index (Phi) is 5.42. The fourth-order valence-corrected chi connectivity index (χ4v) is 2.69. The number of hydrogen-bond acceptors (Lipinski definition) is 4. The van der Waals surface area contributed by atoms with Gasteiger partial charge in [-0.3, -0.25) is 0 Å². The molecule has 0 bridgehead atoms. The maximum Gasteiger partial charge on any atom is 0.343 e. The highest BCUT2D eigenvalue weighted by Crippen LogP contribution is 2.24. The van der Waals surface area contributed by atoms with Crippen molar-refractivity contribution in [3.63, 3.8) is 0 Å². The summed E-state index contributed by atoms with van der Waals surface area (Å²) in [6, 6.07) is 0. The van der Waals surface area contributed by atoms with E-state index in [9.17, 15) is 4.79 Å². The molecule has 2 aromatic heterocycles. The van der Waals surface area contributed by atoms with Crippen molar-refractivity contribution < 1.29 is 9.53 Å². The number of hydrogen-bond donors (Lipinski definition) is 0. The molecule has 0 radical (unpaired) electrons. The molecule has 0 N–H and O–H groups in total. The van der Waals surface area contributed by atoms with E-state index in [4.69, 9.17) is 27.9 Å². The van der Waals surface area contributed by atoms with Crippen LogP contribution in [0.1, 0.15) is 41.9 Å². The van der Waals surface area contributed by atoms with Crippen LogP contribution in [0, 0.1) is 0 Å². The Hall–Kier alpha value is -1.33. The lowest BCUT2D eigenvalue weighted by Crippen LogP contribution is -2.09. The first-order valence-electron chi connectivity index (χ1n) is 6.92. The van der Waals surface area contributed by atoms with Gasteiger partial charge in [-0.1, -0.05) is 24.9 Å². The molecule has 0 fully saturated rings. The molecule has 0 aromatic carbocycles. The van der Waals surface area contributed by atoms with Crippen molar-refractivity contribution >= 4 is 34.8 Å². The predicted octanol–water partition coefficient (Wildman–Crippen LogP) is 3.29. The lowest BCUT2D eigenvalue weighted by Gasteiger charge is -2.11. The Morgan fingerprint density at radius 2 is 2.14 bits per heavy atom. The number of nitrogens with zero attached hydrogens (tertiary/aromatic N) is 3. The van der Waals surface area contributed by atoms with Gasteiger partial charge in [-0.15, -0.1) is 11.6 Å². The van der Waals surface area contributed by atoms with Gasteiger partial charge in [0.05, 0.1) is 12.8 Å². The molecule has 2 heterocycles. The fourth-order valence-electron chi connectivity index (χ4n) is 2.17. The third-order valence-corrected chi connectivity index (χ3v) is 3.67. The summed E-state index contributed by atoms with van der Waals surface area (Å²) in [6.45, 7) is 4.12. The third-order valence-electron chi connectivity index (χ3n) is 3.09. The molecule has 0 aliphatic carbocycles. The first-order valence-corrected chi connectivity index (χ1v) is 7.83. The number of carbonyl (C=O) groups is 1. The molecule has 0 unspecified atom stereocenters. The molecule has 0 aliphatic rings. The number of halogens is 2. The lowest BCUT2D eigenvalue weighted by molar-refractivity contribution is 0.0528. The molecule has 0 saturated heterocycles. The number of aryl methyl sites for hydroxylation is 1. The number of fused-ring (bicyclic) bond motifs is 1. The van der Waals surface area contributed by atoms with Gasteiger partial charge in [0, 0.05) is 17.1 Å². The zero-order chi connectivity index (χ0) is 15.4. The van der Waals surface area contributed by atoms with Gasteiger partial charge in [0.25, 0.3) is 0 Å². The first kappa shape index (κ1) is 16.0. The van der Waals surface area contributed by atoms with E-state index in [-0.39, 0.29) is 0 Å². The van der Waals surface area contributed by atoms with E-state index in [1.54, 1.807) is 6.92 Å². The molecule has 114 valence electrons. The van der Waals surface area contributed by atoms with Crippen molar-refractivity contribution in [1.29, 1.82) is 0 Å². The number of ether oxygens (including phenoxy) is 1. The van der Waals surface area contributed by atoms with Crippen LogP contribution in [0.5, 0.6) is 0 Å². The van der Waals surface area contributed by atoms with Gasteiger partial charge in [-0.25, -0.2) is 14.3 Å². The van der Waals surface area contributed by atoms with E-state index < -0.39 is 5.97 Å². The van der Waals surface area contributed by atoms with Crippen molar-refractivity contribution in [3.8, 4) is 0 Å². The fraction of sp³-hybridized carbons (Fsp3) is 0.500. The van der Waals surface area contributed by atoms with Crippen LogP contribution in [0.3, 0.4) is 0 Å². The summed E-state index contributed by atoms with van der Waals surface area (Å²) in [6.07, 6.45) is 3.76. The van der Waals surface area contributed by atoms with Crippen LogP contribution in [0.2, 0.25) is 5.15 Å². The Labute approximate surface area is 133 Å². The number of rotatable bonds is 6. The summed E-state index contributed by atoms with van der Waals surface area (Å²) < 4.78 is 6.48. The SMILES string of the molecule is CCCc1nc2c(C(=O)OCC)cnn2c(Cl)c1CCCl. The maximum absolute atomic E-state index is 11.9. The average molecular weight is 330 g/mol. The molecule has 2 rings (SSSR count). The van der Waals surface area contributed by atoms with Crippen molar-refractivity contribution in [2.45, 2.75) is 33.1 Å². The highest BCUT2D eigenvalue weighted by atomic mass is 35.5. The summed E-state index contributed by atoms with van der Waals surface area (Å²) in [5.74, 6) is 0.0129. The minimum Gasteiger partial charge on any atom is -0.462 e. The van der Waals surface area contributed by atoms with Crippen LogP contribution in [0.4, 0.5) is 0 Å². The highest BCUT2D eigenvalue weighted by Gasteiger charge is 2.20. The van der Waals surface area contributed by atoms with Crippen LogP contribution in [-0.4, -0.2) is 33.1 Å². The average Bonchev–Trinajstić information content (AvgIpc) is 2.87. The molecule has 5 nitrogen and oxygen atoms in total. The zero-order valence-electron chi connectivity index (χ0n) is 12.0. The molecule has 2 aromatic rings. The summed E-state index contributed by atoms with van der Waals surface area (Å²) in [5.41, 5.74) is 2.51. The molecule has 0 aliphatic heterocycles. The summed E-state index contributed by atoms with van der Waals surface area (Å²) in [5, 5.41) is 4.60. The van der Waals surface area contributed by atoms with Gasteiger partial charge in [0.2, 0.25) is 0 Å². The van der Waals surface area contributed by atoms with Gasteiger partial charge >= 0.3 is 5.97 Å². The highest BCUT2D eigenvalue weighted by molar-refractivity contribution is 6.30. The van der Waals surface area contributed by atoms with Crippen molar-refractivity contribution in [1.82, 2.24) is 14.6 Å². The van der Waals surface area contributed by atoms with Crippen molar-refractivity contribution in [2.75, 3.05) is 12.5 Å². The molecule has 21 heavy (non-hydrogen) atoms. The minimum absolute atomic E-state index is 0.302. The van der Waals surface area contributed by atoms with Crippen LogP contribution in [-0.2, 0) is 17.6 Å². The smallest absolute Gasteiger partial charge is 0.343 e. The quantitative estimate of drug-likeness (QED) is 0.463. The first-order chi connectivity index (χ1) is 10.1. The maximum atomic E-state index is 11.9. The van der Waals surface area contributed by atoms with Crippen LogP contribution in [0.25, 0.3) is 5.65 Å². The monoisotopic (exact) mass is 329 g/mol. The normalized spacial score (nSPS) is 11.0. The molecule has 0 amide bonds. The zero-order valence-corrected chi connectivity index (χ0v) is 13.5. The Bertz CT molecular complexity index is 655. The minimum atomic E-state index is -0.441. The second-order valence-corrected chi connectivity index (χ2v) is 5.27. The molecule has 0 saturated carbocycles. The standard InChI is InChI=1S/C14H17Cl2N3O2/c1-3-5-11-9(6-7-15)12(16)19-13(18-11)10(8-17-19)14(20)21-4-2/h8H,3-7H2,1-2H3. The van der Waals surface area contributed by atoms with Crippen LogP contribution >= 0.6 is 23.2 Å². The number of aromatic nitrogens is 3. The van der Waals surface area contributed by atoms with Gasteiger partial charge in [-0.2, -0.15) is 5.10 Å². The van der Waals surface area contributed by atoms with Gasteiger partial charge in [0.15, 0.2) is 5.65 Å². The summed E-state index contributed by atoms with van der Waals surface area (Å²) >= 11 is 12.2. The van der Waals surface area contributed by atoms with E-state index in [1.807, 2.05) is 0 Å². The lowest BCUT2D eigenvalue weighted by atomic mass is 10.1. The number of alkyl halides is 1. The summed E-state index contributed by atoms with van der Waals surface area (Å²) in [7, 11) is 0. The van der Waals surface area contributed by atoms with E-state index in [1.165, 1.54) is 10.7 Å². The van der Waals surface area contributed by atoms with E-state index in [0.717, 1.165) is 24.1 Å². The van der Waals surface area contributed by atoms with E-state index >= 15 is 0 Å². The van der Waals surface area contributed by atoms with Gasteiger partial charge in [0.1, 0.15) is 10.7 Å². The summed E-state index contributed by atoms with van der Waals surface area (Å²) in [4.78, 5) is 16.5. The number of esters is 1. The predicted molar refractivity (Wildman–Crippen MR) is 82.4 cm³/mol. The molecular formula is C14H17Cl2N3O2. The van der Waals surface area contributed by atoms with Crippen LogP contribution in [0.15, 0.2) is 6.20 Å².